The lowest BCUT2D eigenvalue weighted by molar-refractivity contribution is -0.114. The number of benzene rings is 2. The SMILES string of the molecule is CCCOc1ccc(-c2cccc(NC(C)=O)c2)cc1C(=O)O. The number of aromatic carboxylic acids is 1. The second kappa shape index (κ2) is 7.45. The Hall–Kier alpha value is -2.82. The van der Waals surface area contributed by atoms with Crippen LogP contribution in [0, 0.1) is 0 Å². The molecule has 2 N–H and O–H groups in total. The second-order valence-electron chi connectivity index (χ2n) is 5.13. The average molecular weight is 313 g/mol. The first-order valence-corrected chi connectivity index (χ1v) is 7.39. The zero-order valence-corrected chi connectivity index (χ0v) is 13.1. The first kappa shape index (κ1) is 16.5. The Bertz CT molecular complexity index is 725. The van der Waals surface area contributed by atoms with E-state index in [1.165, 1.54) is 6.92 Å². The van der Waals surface area contributed by atoms with Crippen LogP contribution < -0.4 is 10.1 Å². The van der Waals surface area contributed by atoms with E-state index in [-0.39, 0.29) is 11.5 Å². The van der Waals surface area contributed by atoms with Crippen molar-refractivity contribution in [2.24, 2.45) is 0 Å². The molecule has 120 valence electrons. The lowest BCUT2D eigenvalue weighted by Crippen LogP contribution is -2.06. The minimum Gasteiger partial charge on any atom is -0.493 e. The topological polar surface area (TPSA) is 75.6 Å². The first-order chi connectivity index (χ1) is 11.0. The van der Waals surface area contributed by atoms with Gasteiger partial charge in [-0.2, -0.15) is 0 Å². The number of ether oxygens (including phenoxy) is 1. The summed E-state index contributed by atoms with van der Waals surface area (Å²) in [5, 5.41) is 12.1. The highest BCUT2D eigenvalue weighted by Gasteiger charge is 2.13. The van der Waals surface area contributed by atoms with Gasteiger partial charge in [-0.25, -0.2) is 4.79 Å². The molecule has 0 saturated carbocycles. The fraction of sp³-hybridized carbons (Fsp3) is 0.222. The van der Waals surface area contributed by atoms with Gasteiger partial charge in [0.05, 0.1) is 6.61 Å². The molecular formula is C18H19NO4. The standard InChI is InChI=1S/C18H19NO4/c1-3-9-23-17-8-7-14(11-16(17)18(21)22)13-5-4-6-15(10-13)19-12(2)20/h4-8,10-11H,3,9H2,1-2H3,(H,19,20)(H,21,22). The van der Waals surface area contributed by atoms with Gasteiger partial charge in [-0.1, -0.05) is 25.1 Å². The van der Waals surface area contributed by atoms with Gasteiger partial charge in [-0.15, -0.1) is 0 Å². The Morgan fingerprint density at radius 3 is 2.52 bits per heavy atom. The van der Waals surface area contributed by atoms with Crippen molar-refractivity contribution in [2.45, 2.75) is 20.3 Å². The van der Waals surface area contributed by atoms with Crippen LogP contribution in [0.25, 0.3) is 11.1 Å². The maximum Gasteiger partial charge on any atom is 0.339 e. The summed E-state index contributed by atoms with van der Waals surface area (Å²) in [7, 11) is 0. The van der Waals surface area contributed by atoms with Crippen LogP contribution in [-0.4, -0.2) is 23.6 Å². The predicted octanol–water partition coefficient (Wildman–Crippen LogP) is 3.80. The summed E-state index contributed by atoms with van der Waals surface area (Å²) in [5.41, 5.74) is 2.36. The zero-order chi connectivity index (χ0) is 16.8. The van der Waals surface area contributed by atoms with Crippen LogP contribution in [0.15, 0.2) is 42.5 Å². The number of carbonyl (C=O) groups excluding carboxylic acids is 1. The van der Waals surface area contributed by atoms with Gasteiger partial charge < -0.3 is 15.2 Å². The summed E-state index contributed by atoms with van der Waals surface area (Å²) < 4.78 is 5.48. The number of anilines is 1. The second-order valence-corrected chi connectivity index (χ2v) is 5.13. The van der Waals surface area contributed by atoms with Crippen LogP contribution in [0.4, 0.5) is 5.69 Å². The summed E-state index contributed by atoms with van der Waals surface area (Å²) >= 11 is 0. The lowest BCUT2D eigenvalue weighted by Gasteiger charge is -2.11. The number of nitrogens with one attached hydrogen (secondary N) is 1. The van der Waals surface area contributed by atoms with Crippen molar-refractivity contribution in [1.82, 2.24) is 0 Å². The van der Waals surface area contributed by atoms with Gasteiger partial charge in [0, 0.05) is 12.6 Å². The minimum absolute atomic E-state index is 0.126. The maximum absolute atomic E-state index is 11.4. The van der Waals surface area contributed by atoms with Crippen molar-refractivity contribution in [3.8, 4) is 16.9 Å². The van der Waals surface area contributed by atoms with Gasteiger partial charge in [0.15, 0.2) is 0 Å². The van der Waals surface area contributed by atoms with E-state index in [1.807, 2.05) is 25.1 Å². The fourth-order valence-electron chi connectivity index (χ4n) is 2.19. The molecule has 23 heavy (non-hydrogen) atoms. The summed E-state index contributed by atoms with van der Waals surface area (Å²) in [4.78, 5) is 22.6. The molecule has 0 aliphatic heterocycles. The quantitative estimate of drug-likeness (QED) is 0.850. The summed E-state index contributed by atoms with van der Waals surface area (Å²) in [5.74, 6) is -0.825. The number of carbonyl (C=O) groups is 2. The van der Waals surface area contributed by atoms with Crippen molar-refractivity contribution in [2.75, 3.05) is 11.9 Å². The van der Waals surface area contributed by atoms with Crippen LogP contribution in [0.2, 0.25) is 0 Å². The molecule has 0 spiro atoms. The normalized spacial score (nSPS) is 10.2. The van der Waals surface area contributed by atoms with Crippen molar-refractivity contribution in [3.05, 3.63) is 48.0 Å². The number of rotatable bonds is 6. The number of hydrogen-bond donors (Lipinski definition) is 2. The number of carboxylic acid groups (broad SMARTS) is 1. The Morgan fingerprint density at radius 2 is 1.87 bits per heavy atom. The van der Waals surface area contributed by atoms with E-state index in [4.69, 9.17) is 4.74 Å². The molecule has 0 saturated heterocycles. The molecule has 5 nitrogen and oxygen atoms in total. The predicted molar refractivity (Wildman–Crippen MR) is 88.9 cm³/mol. The highest BCUT2D eigenvalue weighted by atomic mass is 16.5. The third kappa shape index (κ3) is 4.32. The Labute approximate surface area is 134 Å². The van der Waals surface area contributed by atoms with Crippen LogP contribution in [-0.2, 0) is 4.79 Å². The van der Waals surface area contributed by atoms with Gasteiger partial charge in [-0.05, 0) is 41.8 Å². The zero-order valence-electron chi connectivity index (χ0n) is 13.1. The molecule has 0 bridgehead atoms. The van der Waals surface area contributed by atoms with E-state index in [9.17, 15) is 14.7 Å². The third-order valence-electron chi connectivity index (χ3n) is 3.19. The Morgan fingerprint density at radius 1 is 1.13 bits per heavy atom. The molecule has 0 fully saturated rings. The molecule has 2 aromatic rings. The molecule has 0 aliphatic rings. The smallest absolute Gasteiger partial charge is 0.339 e. The van der Waals surface area contributed by atoms with E-state index in [1.54, 1.807) is 24.3 Å². The Kier molecular flexibility index (Phi) is 5.36. The molecule has 0 aliphatic carbocycles. The maximum atomic E-state index is 11.4. The van der Waals surface area contributed by atoms with E-state index < -0.39 is 5.97 Å². The molecule has 2 aromatic carbocycles. The Balaban J connectivity index is 2.38. The molecular weight excluding hydrogens is 294 g/mol. The van der Waals surface area contributed by atoms with Gasteiger partial charge in [0.25, 0.3) is 0 Å². The van der Waals surface area contributed by atoms with E-state index in [0.717, 1.165) is 17.5 Å². The number of carboxylic acids is 1. The van der Waals surface area contributed by atoms with Crippen molar-refractivity contribution in [3.63, 3.8) is 0 Å². The molecule has 0 unspecified atom stereocenters. The molecule has 1 amide bonds. The third-order valence-corrected chi connectivity index (χ3v) is 3.19. The highest BCUT2D eigenvalue weighted by Crippen LogP contribution is 2.28. The number of amides is 1. The van der Waals surface area contributed by atoms with Crippen molar-refractivity contribution >= 4 is 17.6 Å². The average Bonchev–Trinajstić information content (AvgIpc) is 2.52. The number of hydrogen-bond acceptors (Lipinski definition) is 3. The van der Waals surface area contributed by atoms with E-state index in [2.05, 4.69) is 5.32 Å². The summed E-state index contributed by atoms with van der Waals surface area (Å²) in [6, 6.07) is 12.3. The minimum atomic E-state index is -1.03. The van der Waals surface area contributed by atoms with E-state index in [0.29, 0.717) is 18.0 Å². The molecule has 5 heteroatoms. The summed E-state index contributed by atoms with van der Waals surface area (Å²) in [6.07, 6.45) is 0.805. The van der Waals surface area contributed by atoms with Crippen molar-refractivity contribution < 1.29 is 19.4 Å². The van der Waals surface area contributed by atoms with Crippen LogP contribution in [0.5, 0.6) is 5.75 Å². The monoisotopic (exact) mass is 313 g/mol. The lowest BCUT2D eigenvalue weighted by atomic mass is 10.0. The van der Waals surface area contributed by atoms with Gasteiger partial charge in [0.2, 0.25) is 5.91 Å². The summed E-state index contributed by atoms with van der Waals surface area (Å²) in [6.45, 7) is 3.87. The van der Waals surface area contributed by atoms with Gasteiger partial charge >= 0.3 is 5.97 Å². The van der Waals surface area contributed by atoms with Crippen LogP contribution in [0.3, 0.4) is 0 Å². The molecule has 0 heterocycles. The molecule has 2 rings (SSSR count). The highest BCUT2D eigenvalue weighted by molar-refractivity contribution is 5.93. The fourth-order valence-corrected chi connectivity index (χ4v) is 2.19. The largest absolute Gasteiger partial charge is 0.493 e. The van der Waals surface area contributed by atoms with Gasteiger partial charge in [0.1, 0.15) is 11.3 Å². The van der Waals surface area contributed by atoms with Crippen LogP contribution in [0.1, 0.15) is 30.6 Å². The molecule has 0 atom stereocenters. The van der Waals surface area contributed by atoms with Crippen molar-refractivity contribution in [1.29, 1.82) is 0 Å². The molecule has 0 radical (unpaired) electrons. The first-order valence-electron chi connectivity index (χ1n) is 7.39. The van der Waals surface area contributed by atoms with Gasteiger partial charge in [-0.3, -0.25) is 4.79 Å². The molecule has 0 aromatic heterocycles. The van der Waals surface area contributed by atoms with Crippen LogP contribution >= 0.6 is 0 Å². The van der Waals surface area contributed by atoms with E-state index >= 15 is 0 Å².